The average Bonchev–Trinajstić information content (AvgIpc) is 3.69. The Morgan fingerprint density at radius 1 is 0.452 bits per heavy atom. The molecule has 2 atom stereocenters. The van der Waals surface area contributed by atoms with Gasteiger partial charge < -0.3 is 19.7 Å². The zero-order valence-corrected chi connectivity index (χ0v) is 34.8. The van der Waals surface area contributed by atoms with E-state index in [4.69, 9.17) is 9.47 Å². The number of ketones is 4. The number of rotatable bonds is 14. The van der Waals surface area contributed by atoms with Crippen LogP contribution in [0.2, 0.25) is 0 Å². The fraction of sp³-hybridized carbons (Fsp3) is 0.115. The van der Waals surface area contributed by atoms with Gasteiger partial charge in [0.1, 0.15) is 24.7 Å². The fourth-order valence-corrected chi connectivity index (χ4v) is 9.51. The van der Waals surface area contributed by atoms with Gasteiger partial charge in [-0.15, -0.1) is 23.5 Å². The van der Waals surface area contributed by atoms with E-state index in [0.717, 1.165) is 31.3 Å². The molecule has 62 heavy (non-hydrogen) atoms. The molecule has 0 spiro atoms. The van der Waals surface area contributed by atoms with Crippen molar-refractivity contribution in [2.24, 2.45) is 0 Å². The van der Waals surface area contributed by atoms with E-state index in [9.17, 15) is 29.4 Å². The van der Waals surface area contributed by atoms with Crippen LogP contribution in [0.25, 0.3) is 33.7 Å². The molecule has 2 unspecified atom stereocenters. The molecule has 9 rings (SSSR count). The van der Waals surface area contributed by atoms with E-state index in [2.05, 4.69) is 0 Å². The van der Waals surface area contributed by atoms with Crippen molar-refractivity contribution >= 4 is 80.4 Å². The molecule has 0 radical (unpaired) electrons. The van der Waals surface area contributed by atoms with Crippen LogP contribution in [0.3, 0.4) is 0 Å². The van der Waals surface area contributed by atoms with Crippen LogP contribution < -0.4 is 9.47 Å². The van der Waals surface area contributed by atoms with Crippen molar-refractivity contribution in [1.82, 2.24) is 0 Å². The van der Waals surface area contributed by atoms with Crippen molar-refractivity contribution in [2.45, 2.75) is 22.0 Å². The monoisotopic (exact) mass is 854 g/mol. The van der Waals surface area contributed by atoms with Gasteiger partial charge in [-0.05, 0) is 64.0 Å². The summed E-state index contributed by atoms with van der Waals surface area (Å²) in [6.07, 6.45) is 1.54. The normalized spacial score (nSPS) is 14.3. The number of aliphatic hydroxyl groups is 2. The summed E-state index contributed by atoms with van der Waals surface area (Å²) in [6.45, 7) is -0.0267. The quantitative estimate of drug-likeness (QED) is 0.0620. The van der Waals surface area contributed by atoms with Crippen molar-refractivity contribution in [2.75, 3.05) is 24.7 Å². The van der Waals surface area contributed by atoms with Gasteiger partial charge in [-0.1, -0.05) is 115 Å². The Morgan fingerprint density at radius 3 is 1.23 bits per heavy atom. The van der Waals surface area contributed by atoms with E-state index in [1.807, 2.05) is 84.9 Å². The third-order valence-electron chi connectivity index (χ3n) is 10.8. The molecule has 10 heteroatoms. The van der Waals surface area contributed by atoms with Crippen molar-refractivity contribution in [3.05, 3.63) is 190 Å². The number of hydrogen-bond acceptors (Lipinski definition) is 10. The first-order valence-corrected chi connectivity index (χ1v) is 22.0. The predicted octanol–water partition coefficient (Wildman–Crippen LogP) is 9.98. The molecule has 306 valence electrons. The van der Waals surface area contributed by atoms with Crippen LogP contribution in [0.1, 0.15) is 52.6 Å². The van der Waals surface area contributed by atoms with Crippen LogP contribution in [0.15, 0.2) is 167 Å². The van der Waals surface area contributed by atoms with E-state index in [1.165, 1.54) is 23.5 Å². The molecule has 7 aromatic rings. The maximum absolute atomic E-state index is 13.3. The zero-order chi connectivity index (χ0) is 42.7. The molecule has 0 heterocycles. The maximum atomic E-state index is 13.3. The average molecular weight is 855 g/mol. The number of hydrogen-bond donors (Lipinski definition) is 2. The molecule has 0 fully saturated rings. The summed E-state index contributed by atoms with van der Waals surface area (Å²) in [5.74, 6) is 0.309. The molecular formula is C52H38O8S2. The minimum absolute atomic E-state index is 0.0133. The molecule has 0 saturated carbocycles. The number of fused-ring (bicyclic) bond motifs is 4. The van der Waals surface area contributed by atoms with Gasteiger partial charge in [-0.2, -0.15) is 0 Å². The molecule has 0 aliphatic heterocycles. The molecule has 7 aromatic carbocycles. The van der Waals surface area contributed by atoms with Crippen LogP contribution in [0, 0.1) is 0 Å². The Balaban J connectivity index is 0.817. The highest BCUT2D eigenvalue weighted by Gasteiger charge is 2.34. The minimum Gasteiger partial charge on any atom is -0.490 e. The molecule has 0 amide bonds. The smallest absolute Gasteiger partial charge is 0.197 e. The number of benzene rings is 7. The number of Topliss-reactive ketones (excluding diaryl/α,β-unsaturated/α-hetero) is 4. The highest BCUT2D eigenvalue weighted by molar-refractivity contribution is 8.00. The Hall–Kier alpha value is -6.56. The lowest BCUT2D eigenvalue weighted by Crippen LogP contribution is -2.20. The molecule has 0 aromatic heterocycles. The van der Waals surface area contributed by atoms with Gasteiger partial charge in [0.05, 0.1) is 23.4 Å². The lowest BCUT2D eigenvalue weighted by molar-refractivity contribution is 0.0975. The van der Waals surface area contributed by atoms with E-state index < -0.39 is 12.2 Å². The van der Waals surface area contributed by atoms with Crippen LogP contribution in [0.4, 0.5) is 0 Å². The fourth-order valence-electron chi connectivity index (χ4n) is 7.70. The second-order valence-corrected chi connectivity index (χ2v) is 17.1. The van der Waals surface area contributed by atoms with Crippen molar-refractivity contribution in [3.8, 4) is 11.5 Å². The molecule has 2 aliphatic carbocycles. The van der Waals surface area contributed by atoms with E-state index in [0.29, 0.717) is 56.4 Å². The minimum atomic E-state index is -0.836. The van der Waals surface area contributed by atoms with Gasteiger partial charge in [-0.3, -0.25) is 19.2 Å². The summed E-state index contributed by atoms with van der Waals surface area (Å²) in [6, 6.07) is 44.2. The highest BCUT2D eigenvalue weighted by atomic mass is 32.2. The van der Waals surface area contributed by atoms with Gasteiger partial charge in [-0.25, -0.2) is 0 Å². The van der Waals surface area contributed by atoms with Crippen molar-refractivity contribution in [1.29, 1.82) is 0 Å². The SMILES string of the molecule is O=C1C(=Cc2c(OCC(O)CSc3cccc(SCC(O)COc4ccc5ccccc5c4C=C4C(=O)c5ccccc5C4=O)c3)ccc3ccccc23)C(=O)c2ccccc21. The second-order valence-electron chi connectivity index (χ2n) is 14.9. The topological polar surface area (TPSA) is 127 Å². The van der Waals surface area contributed by atoms with Gasteiger partial charge >= 0.3 is 0 Å². The number of carbonyl (C=O) groups excluding carboxylic acids is 4. The summed E-state index contributed by atoms with van der Waals surface area (Å²) in [5, 5.41) is 25.5. The summed E-state index contributed by atoms with van der Waals surface area (Å²) < 4.78 is 12.3. The number of thioether (sulfide) groups is 2. The Bertz CT molecular complexity index is 2730. The van der Waals surface area contributed by atoms with Gasteiger partial charge in [0.15, 0.2) is 23.1 Å². The summed E-state index contributed by atoms with van der Waals surface area (Å²) in [7, 11) is 0. The molecule has 8 nitrogen and oxygen atoms in total. The third kappa shape index (κ3) is 8.25. The van der Waals surface area contributed by atoms with Crippen LogP contribution >= 0.6 is 23.5 Å². The van der Waals surface area contributed by atoms with Gasteiger partial charge in [0.2, 0.25) is 0 Å². The lowest BCUT2D eigenvalue weighted by atomic mass is 9.99. The van der Waals surface area contributed by atoms with E-state index in [-0.39, 0.29) is 47.5 Å². The van der Waals surface area contributed by atoms with E-state index >= 15 is 0 Å². The molecule has 0 bridgehead atoms. The molecule has 0 saturated heterocycles. The zero-order valence-electron chi connectivity index (χ0n) is 33.2. The van der Waals surface area contributed by atoms with Crippen LogP contribution in [-0.2, 0) is 0 Å². The van der Waals surface area contributed by atoms with Gasteiger partial charge in [0, 0.05) is 54.7 Å². The molecule has 2 N–H and O–H groups in total. The first-order valence-electron chi connectivity index (χ1n) is 20.0. The summed E-state index contributed by atoms with van der Waals surface area (Å²) >= 11 is 2.95. The predicted molar refractivity (Wildman–Crippen MR) is 245 cm³/mol. The van der Waals surface area contributed by atoms with Crippen molar-refractivity contribution < 1.29 is 38.9 Å². The lowest BCUT2D eigenvalue weighted by Gasteiger charge is -2.16. The first-order chi connectivity index (χ1) is 30.2. The Labute approximate surface area is 365 Å². The summed E-state index contributed by atoms with van der Waals surface area (Å²) in [4.78, 5) is 54.9. The largest absolute Gasteiger partial charge is 0.490 e. The van der Waals surface area contributed by atoms with Crippen LogP contribution in [0.5, 0.6) is 11.5 Å². The third-order valence-corrected chi connectivity index (χ3v) is 13.1. The Kier molecular flexibility index (Phi) is 11.7. The maximum Gasteiger partial charge on any atom is 0.197 e. The number of allylic oxidation sites excluding steroid dienone is 2. The summed E-state index contributed by atoms with van der Waals surface area (Å²) in [5.41, 5.74) is 2.91. The standard InChI is InChI=1S/C52H38O8S2/c53-33(27-59-47-22-20-31-10-1-3-14-37(31)43(47)25-45-49(55)39-16-5-6-17-40(39)50(45)56)29-61-35-12-9-13-36(24-35)62-30-34(54)28-60-48-23-21-32-11-2-4-15-38(32)44(48)26-46-51(57)41-18-7-8-19-42(41)52(46)58/h1-26,33-34,53-54H,27-30H2. The van der Waals surface area contributed by atoms with Crippen molar-refractivity contribution in [3.63, 3.8) is 0 Å². The van der Waals surface area contributed by atoms with Crippen LogP contribution in [-0.4, -0.2) is 70.3 Å². The molecular weight excluding hydrogens is 817 g/mol. The number of aliphatic hydroxyl groups excluding tert-OH is 2. The molecule has 2 aliphatic rings. The first kappa shape index (κ1) is 40.8. The number of carbonyl (C=O) groups is 4. The highest BCUT2D eigenvalue weighted by Crippen LogP contribution is 2.37. The van der Waals surface area contributed by atoms with Gasteiger partial charge in [0.25, 0.3) is 0 Å². The Morgan fingerprint density at radius 2 is 0.823 bits per heavy atom. The number of ether oxygens (including phenoxy) is 2. The second kappa shape index (κ2) is 17.8. The van der Waals surface area contributed by atoms with E-state index in [1.54, 1.807) is 72.8 Å².